The predicted molar refractivity (Wildman–Crippen MR) is 63.1 cm³/mol. The van der Waals surface area contributed by atoms with Crippen molar-refractivity contribution in [2.75, 3.05) is 5.43 Å². The normalized spacial score (nSPS) is 9.31. The Bertz CT molecular complexity index is 354. The van der Waals surface area contributed by atoms with E-state index in [0.29, 0.717) is 13.0 Å². The summed E-state index contributed by atoms with van der Waals surface area (Å²) in [5.41, 5.74) is 6.98. The SMILES string of the molecule is CCC(=O)OCc1ccc(NNN=S)cc1. The van der Waals surface area contributed by atoms with Crippen molar-refractivity contribution in [3.63, 3.8) is 0 Å². The van der Waals surface area contributed by atoms with E-state index in [1.807, 2.05) is 24.3 Å². The Morgan fingerprint density at radius 1 is 1.44 bits per heavy atom. The second kappa shape index (κ2) is 6.73. The summed E-state index contributed by atoms with van der Waals surface area (Å²) in [5, 5.41) is 0. The molecule has 86 valence electrons. The third-order valence-electron chi connectivity index (χ3n) is 1.89. The lowest BCUT2D eigenvalue weighted by atomic mass is 10.2. The number of esters is 1. The van der Waals surface area contributed by atoms with E-state index in [9.17, 15) is 4.79 Å². The number of nitrogens with zero attached hydrogens (tertiary/aromatic N) is 1. The van der Waals surface area contributed by atoms with Crippen LogP contribution in [0.3, 0.4) is 0 Å². The number of ether oxygens (including phenoxy) is 1. The van der Waals surface area contributed by atoms with Gasteiger partial charge in [-0.3, -0.25) is 10.2 Å². The molecule has 0 saturated heterocycles. The van der Waals surface area contributed by atoms with Gasteiger partial charge in [0.1, 0.15) is 6.61 Å². The molecule has 0 spiro atoms. The van der Waals surface area contributed by atoms with Crippen molar-refractivity contribution in [3.05, 3.63) is 29.8 Å². The minimum absolute atomic E-state index is 0.200. The molecule has 1 aromatic carbocycles. The smallest absolute Gasteiger partial charge is 0.305 e. The highest BCUT2D eigenvalue weighted by molar-refractivity contribution is 7.47. The molecular formula is C10H13N3O2S. The second-order valence-electron chi connectivity index (χ2n) is 3.04. The Hall–Kier alpha value is -1.69. The molecule has 0 radical (unpaired) electrons. The van der Waals surface area contributed by atoms with Gasteiger partial charge in [0.05, 0.1) is 18.1 Å². The number of hydrogen-bond donors (Lipinski definition) is 2. The maximum absolute atomic E-state index is 10.9. The van der Waals surface area contributed by atoms with Crippen LogP contribution in [0.25, 0.3) is 0 Å². The van der Waals surface area contributed by atoms with E-state index in [4.69, 9.17) is 4.74 Å². The number of anilines is 1. The van der Waals surface area contributed by atoms with Gasteiger partial charge in [-0.1, -0.05) is 23.5 Å². The first-order valence-corrected chi connectivity index (χ1v) is 5.20. The van der Waals surface area contributed by atoms with E-state index in [0.717, 1.165) is 11.3 Å². The molecule has 0 fully saturated rings. The molecule has 5 nitrogen and oxygen atoms in total. The summed E-state index contributed by atoms with van der Waals surface area (Å²) in [7, 11) is 0. The highest BCUT2D eigenvalue weighted by atomic mass is 32.1. The molecule has 0 amide bonds. The molecule has 0 saturated carbocycles. The summed E-state index contributed by atoms with van der Waals surface area (Å²) in [4.78, 5) is 10.9. The van der Waals surface area contributed by atoms with Crippen molar-refractivity contribution in [2.45, 2.75) is 20.0 Å². The number of carbonyl (C=O) groups is 1. The van der Waals surface area contributed by atoms with Gasteiger partial charge < -0.3 is 4.74 Å². The monoisotopic (exact) mass is 239 g/mol. The molecule has 0 heterocycles. The van der Waals surface area contributed by atoms with Crippen molar-refractivity contribution in [2.24, 2.45) is 4.47 Å². The van der Waals surface area contributed by atoms with Crippen LogP contribution < -0.4 is 11.0 Å². The van der Waals surface area contributed by atoms with Crippen molar-refractivity contribution < 1.29 is 9.53 Å². The Labute approximate surface area is 99.3 Å². The van der Waals surface area contributed by atoms with Crippen LogP contribution in [-0.4, -0.2) is 5.97 Å². The molecule has 0 aliphatic carbocycles. The fourth-order valence-corrected chi connectivity index (χ4v) is 1.08. The molecule has 0 aliphatic heterocycles. The largest absolute Gasteiger partial charge is 0.461 e. The van der Waals surface area contributed by atoms with Crippen molar-refractivity contribution in [1.82, 2.24) is 5.53 Å². The first-order valence-electron chi connectivity index (χ1n) is 4.84. The van der Waals surface area contributed by atoms with Crippen LogP contribution in [-0.2, 0) is 28.6 Å². The maximum atomic E-state index is 10.9. The number of hydrogen-bond acceptors (Lipinski definition) is 5. The van der Waals surface area contributed by atoms with Gasteiger partial charge in [0, 0.05) is 6.42 Å². The van der Waals surface area contributed by atoms with Crippen LogP contribution in [0, 0.1) is 0 Å². The fraction of sp³-hybridized carbons (Fsp3) is 0.300. The number of benzene rings is 1. The Kier molecular flexibility index (Phi) is 5.21. The zero-order valence-corrected chi connectivity index (χ0v) is 9.71. The molecule has 0 aliphatic rings. The standard InChI is InChI=1S/C10H13N3O2S/c1-2-10(14)15-7-8-3-5-9(6-4-8)11-12-13-16/h3-6H,2,7H2,1H3,(H,11,13)(H,12,16). The summed E-state index contributed by atoms with van der Waals surface area (Å²) < 4.78 is 8.26. The highest BCUT2D eigenvalue weighted by Crippen LogP contribution is 2.09. The van der Waals surface area contributed by atoms with Crippen LogP contribution in [0.5, 0.6) is 0 Å². The third kappa shape index (κ3) is 4.22. The third-order valence-corrected chi connectivity index (χ3v) is 1.98. The molecule has 0 atom stereocenters. The Morgan fingerprint density at radius 3 is 2.69 bits per heavy atom. The van der Waals surface area contributed by atoms with Gasteiger partial charge >= 0.3 is 5.97 Å². The molecule has 16 heavy (non-hydrogen) atoms. The van der Waals surface area contributed by atoms with Gasteiger partial charge in [0.15, 0.2) is 0 Å². The van der Waals surface area contributed by atoms with Gasteiger partial charge in [-0.15, -0.1) is 0 Å². The summed E-state index contributed by atoms with van der Waals surface area (Å²) in [6.45, 7) is 2.06. The van der Waals surface area contributed by atoms with E-state index in [2.05, 4.69) is 27.9 Å². The van der Waals surface area contributed by atoms with Crippen LogP contribution in [0.2, 0.25) is 0 Å². The van der Waals surface area contributed by atoms with E-state index >= 15 is 0 Å². The van der Waals surface area contributed by atoms with E-state index in [1.54, 1.807) is 6.92 Å². The summed E-state index contributed by atoms with van der Waals surface area (Å²) in [5.74, 6) is -0.200. The topological polar surface area (TPSA) is 62.7 Å². The van der Waals surface area contributed by atoms with E-state index in [-0.39, 0.29) is 5.97 Å². The minimum atomic E-state index is -0.200. The van der Waals surface area contributed by atoms with E-state index in [1.165, 1.54) is 0 Å². The lowest BCUT2D eigenvalue weighted by Crippen LogP contribution is -2.13. The average Bonchev–Trinajstić information content (AvgIpc) is 2.34. The predicted octanol–water partition coefficient (Wildman–Crippen LogP) is 1.70. The van der Waals surface area contributed by atoms with Crippen molar-refractivity contribution in [3.8, 4) is 0 Å². The molecule has 6 heteroatoms. The minimum Gasteiger partial charge on any atom is -0.461 e. The van der Waals surface area contributed by atoms with Crippen LogP contribution in [0.4, 0.5) is 5.69 Å². The number of hydrazine groups is 1. The van der Waals surface area contributed by atoms with Crippen molar-refractivity contribution in [1.29, 1.82) is 0 Å². The highest BCUT2D eigenvalue weighted by Gasteiger charge is 1.99. The number of carbonyl (C=O) groups excluding carboxylic acids is 1. The van der Waals surface area contributed by atoms with Gasteiger partial charge in [0.2, 0.25) is 0 Å². The molecule has 0 bridgehead atoms. The molecule has 1 aromatic rings. The lowest BCUT2D eigenvalue weighted by molar-refractivity contribution is -0.144. The fourth-order valence-electron chi connectivity index (χ4n) is 1.04. The van der Waals surface area contributed by atoms with Crippen LogP contribution in [0.1, 0.15) is 18.9 Å². The summed E-state index contributed by atoms with van der Waals surface area (Å²) in [6.07, 6.45) is 0.393. The van der Waals surface area contributed by atoms with Gasteiger partial charge in [-0.25, -0.2) is 5.53 Å². The van der Waals surface area contributed by atoms with E-state index < -0.39 is 0 Å². The van der Waals surface area contributed by atoms with Crippen LogP contribution >= 0.6 is 0 Å². The summed E-state index contributed by atoms with van der Waals surface area (Å²) in [6, 6.07) is 7.39. The summed E-state index contributed by atoms with van der Waals surface area (Å²) >= 11 is 4.35. The maximum Gasteiger partial charge on any atom is 0.305 e. The average molecular weight is 239 g/mol. The Morgan fingerprint density at radius 2 is 2.12 bits per heavy atom. The lowest BCUT2D eigenvalue weighted by Gasteiger charge is -2.06. The van der Waals surface area contributed by atoms with Gasteiger partial charge in [0.25, 0.3) is 0 Å². The molecule has 1 rings (SSSR count). The molecular weight excluding hydrogens is 226 g/mol. The Balaban J connectivity index is 2.44. The number of nitrogens with one attached hydrogen (secondary N) is 2. The zero-order chi connectivity index (χ0) is 11.8. The second-order valence-corrected chi connectivity index (χ2v) is 3.22. The molecule has 0 unspecified atom stereocenters. The quantitative estimate of drug-likeness (QED) is 0.584. The number of rotatable bonds is 6. The van der Waals surface area contributed by atoms with Crippen molar-refractivity contribution >= 4 is 24.1 Å². The van der Waals surface area contributed by atoms with Gasteiger partial charge in [-0.05, 0) is 17.7 Å². The zero-order valence-electron chi connectivity index (χ0n) is 8.90. The first-order chi connectivity index (χ1) is 7.76. The molecule has 2 N–H and O–H groups in total. The first kappa shape index (κ1) is 12.4. The molecule has 0 aromatic heterocycles. The van der Waals surface area contributed by atoms with Gasteiger partial charge in [-0.2, -0.15) is 0 Å². The van der Waals surface area contributed by atoms with Crippen LogP contribution in [0.15, 0.2) is 28.7 Å².